The van der Waals surface area contributed by atoms with Crippen LogP contribution in [0.25, 0.3) is 0 Å². The van der Waals surface area contributed by atoms with Crippen molar-refractivity contribution >= 4 is 28.0 Å². The SMILES string of the molecule is N#Cc1c(N2CCCC2)sc(C(=O)O)c1N. The zero-order valence-corrected chi connectivity index (χ0v) is 9.38. The Bertz CT molecular complexity index is 469. The predicted octanol–water partition coefficient (Wildman–Crippen LogP) is 1.50. The van der Waals surface area contributed by atoms with Crippen molar-refractivity contribution in [1.29, 1.82) is 5.26 Å². The van der Waals surface area contributed by atoms with E-state index in [-0.39, 0.29) is 10.6 Å². The lowest BCUT2D eigenvalue weighted by atomic mass is 10.2. The van der Waals surface area contributed by atoms with Crippen LogP contribution in [0.3, 0.4) is 0 Å². The number of nitrogens with zero attached hydrogens (tertiary/aromatic N) is 2. The molecule has 3 N–H and O–H groups in total. The minimum absolute atomic E-state index is 0.0680. The van der Waals surface area contributed by atoms with Gasteiger partial charge in [0.1, 0.15) is 21.5 Å². The molecule has 0 bridgehead atoms. The molecule has 1 aliphatic rings. The van der Waals surface area contributed by atoms with Gasteiger partial charge in [0.15, 0.2) is 0 Å². The smallest absolute Gasteiger partial charge is 0.348 e. The van der Waals surface area contributed by atoms with Gasteiger partial charge in [0, 0.05) is 13.1 Å². The molecule has 0 aliphatic carbocycles. The first-order chi connectivity index (χ1) is 7.65. The average molecular weight is 237 g/mol. The molecule has 84 valence electrons. The summed E-state index contributed by atoms with van der Waals surface area (Å²) in [6.45, 7) is 1.74. The van der Waals surface area contributed by atoms with Crippen molar-refractivity contribution in [3.05, 3.63) is 10.4 Å². The molecule has 1 aromatic heterocycles. The standard InChI is InChI=1S/C10H11N3O2S/c11-5-6-7(12)8(10(14)15)16-9(6)13-3-1-2-4-13/h1-4,12H2,(H,14,15). The monoisotopic (exact) mass is 237 g/mol. The quantitative estimate of drug-likeness (QED) is 0.813. The lowest BCUT2D eigenvalue weighted by Gasteiger charge is -2.14. The largest absolute Gasteiger partial charge is 0.477 e. The maximum absolute atomic E-state index is 10.9. The van der Waals surface area contributed by atoms with E-state index in [1.807, 2.05) is 11.0 Å². The molecular formula is C10H11N3O2S. The number of nitrogen functional groups attached to an aromatic ring is 1. The van der Waals surface area contributed by atoms with E-state index in [2.05, 4.69) is 0 Å². The van der Waals surface area contributed by atoms with Crippen molar-refractivity contribution in [3.63, 3.8) is 0 Å². The van der Waals surface area contributed by atoms with Crippen LogP contribution >= 0.6 is 11.3 Å². The van der Waals surface area contributed by atoms with Crippen LogP contribution in [0.4, 0.5) is 10.7 Å². The van der Waals surface area contributed by atoms with E-state index in [4.69, 9.17) is 16.1 Å². The fraction of sp³-hybridized carbons (Fsp3) is 0.400. The molecule has 0 atom stereocenters. The number of carboxylic acids is 1. The summed E-state index contributed by atoms with van der Waals surface area (Å²) in [5, 5.41) is 18.7. The minimum Gasteiger partial charge on any atom is -0.477 e. The Morgan fingerprint density at radius 1 is 1.50 bits per heavy atom. The number of aromatic carboxylic acids is 1. The highest BCUT2D eigenvalue weighted by Crippen LogP contribution is 2.39. The zero-order chi connectivity index (χ0) is 11.7. The van der Waals surface area contributed by atoms with Crippen molar-refractivity contribution < 1.29 is 9.90 Å². The van der Waals surface area contributed by atoms with Gasteiger partial charge < -0.3 is 15.7 Å². The number of nitrogens with two attached hydrogens (primary N) is 1. The van der Waals surface area contributed by atoms with Crippen LogP contribution in [0.5, 0.6) is 0 Å². The molecule has 1 aliphatic heterocycles. The Morgan fingerprint density at radius 2 is 2.12 bits per heavy atom. The van der Waals surface area contributed by atoms with E-state index in [0.29, 0.717) is 10.6 Å². The van der Waals surface area contributed by atoms with E-state index in [1.165, 1.54) is 0 Å². The van der Waals surface area contributed by atoms with E-state index in [0.717, 1.165) is 37.3 Å². The molecule has 0 amide bonds. The van der Waals surface area contributed by atoms with Crippen molar-refractivity contribution in [2.45, 2.75) is 12.8 Å². The van der Waals surface area contributed by atoms with Crippen LogP contribution in [0.1, 0.15) is 28.1 Å². The fourth-order valence-corrected chi connectivity index (χ4v) is 2.90. The van der Waals surface area contributed by atoms with Crippen LogP contribution in [0.15, 0.2) is 0 Å². The number of thiophene rings is 1. The highest BCUT2D eigenvalue weighted by atomic mass is 32.1. The van der Waals surface area contributed by atoms with Gasteiger partial charge in [-0.2, -0.15) is 5.26 Å². The van der Waals surface area contributed by atoms with Gasteiger partial charge >= 0.3 is 5.97 Å². The number of hydrogen-bond donors (Lipinski definition) is 2. The summed E-state index contributed by atoms with van der Waals surface area (Å²) in [7, 11) is 0. The van der Waals surface area contributed by atoms with Gasteiger partial charge in [-0.25, -0.2) is 4.79 Å². The van der Waals surface area contributed by atoms with Crippen molar-refractivity contribution in [1.82, 2.24) is 0 Å². The average Bonchev–Trinajstić information content (AvgIpc) is 2.83. The molecule has 16 heavy (non-hydrogen) atoms. The maximum atomic E-state index is 10.9. The third-order valence-corrected chi connectivity index (χ3v) is 3.88. The van der Waals surface area contributed by atoms with Gasteiger partial charge in [0.25, 0.3) is 0 Å². The van der Waals surface area contributed by atoms with Crippen molar-refractivity contribution in [2.24, 2.45) is 0 Å². The first kappa shape index (κ1) is 10.8. The number of hydrogen-bond acceptors (Lipinski definition) is 5. The van der Waals surface area contributed by atoms with E-state index in [9.17, 15) is 4.79 Å². The van der Waals surface area contributed by atoms with Crippen LogP contribution in [-0.4, -0.2) is 24.2 Å². The normalized spacial score (nSPS) is 15.1. The Hall–Kier alpha value is -1.74. The molecular weight excluding hydrogens is 226 g/mol. The highest BCUT2D eigenvalue weighted by Gasteiger charge is 2.25. The van der Waals surface area contributed by atoms with E-state index < -0.39 is 5.97 Å². The third kappa shape index (κ3) is 1.59. The Balaban J connectivity index is 2.48. The van der Waals surface area contributed by atoms with Gasteiger partial charge in [0.05, 0.1) is 5.69 Å². The summed E-state index contributed by atoms with van der Waals surface area (Å²) in [5.41, 5.74) is 6.07. The summed E-state index contributed by atoms with van der Waals surface area (Å²) >= 11 is 1.09. The molecule has 1 aromatic rings. The second kappa shape index (κ2) is 4.02. The summed E-state index contributed by atoms with van der Waals surface area (Å²) < 4.78 is 0. The van der Waals surface area contributed by atoms with Crippen LogP contribution in [-0.2, 0) is 0 Å². The summed E-state index contributed by atoms with van der Waals surface area (Å²) in [6, 6.07) is 2.00. The highest BCUT2D eigenvalue weighted by molar-refractivity contribution is 7.18. The lowest BCUT2D eigenvalue weighted by Crippen LogP contribution is -2.17. The molecule has 0 aromatic carbocycles. The molecule has 1 fully saturated rings. The van der Waals surface area contributed by atoms with Crippen LogP contribution in [0, 0.1) is 11.3 Å². The molecule has 1 saturated heterocycles. The molecule has 0 spiro atoms. The maximum Gasteiger partial charge on any atom is 0.348 e. The Kier molecular flexibility index (Phi) is 2.71. The van der Waals surface area contributed by atoms with Gasteiger partial charge in [-0.1, -0.05) is 0 Å². The number of rotatable bonds is 2. The first-order valence-electron chi connectivity index (χ1n) is 4.95. The molecule has 2 rings (SSSR count). The van der Waals surface area contributed by atoms with Crippen molar-refractivity contribution in [2.75, 3.05) is 23.7 Å². The zero-order valence-electron chi connectivity index (χ0n) is 8.56. The Labute approximate surface area is 96.7 Å². The Morgan fingerprint density at radius 3 is 2.62 bits per heavy atom. The van der Waals surface area contributed by atoms with Gasteiger partial charge in [-0.05, 0) is 12.8 Å². The van der Waals surface area contributed by atoms with E-state index in [1.54, 1.807) is 0 Å². The summed E-state index contributed by atoms with van der Waals surface area (Å²) in [5.74, 6) is -1.07. The van der Waals surface area contributed by atoms with E-state index >= 15 is 0 Å². The predicted molar refractivity (Wildman–Crippen MR) is 61.9 cm³/mol. The molecule has 0 saturated carbocycles. The molecule has 6 heteroatoms. The molecule has 2 heterocycles. The van der Waals surface area contributed by atoms with Crippen molar-refractivity contribution in [3.8, 4) is 6.07 Å². The van der Waals surface area contributed by atoms with Gasteiger partial charge in [-0.3, -0.25) is 0 Å². The van der Waals surface area contributed by atoms with Gasteiger partial charge in [-0.15, -0.1) is 11.3 Å². The number of anilines is 2. The third-order valence-electron chi connectivity index (χ3n) is 2.63. The summed E-state index contributed by atoms with van der Waals surface area (Å²) in [4.78, 5) is 13.0. The number of nitriles is 1. The fourth-order valence-electron chi connectivity index (χ4n) is 1.84. The topological polar surface area (TPSA) is 90.3 Å². The van der Waals surface area contributed by atoms with Crippen LogP contribution < -0.4 is 10.6 Å². The number of carboxylic acid groups (broad SMARTS) is 1. The lowest BCUT2D eigenvalue weighted by molar-refractivity contribution is 0.0703. The second-order valence-electron chi connectivity index (χ2n) is 3.64. The first-order valence-corrected chi connectivity index (χ1v) is 5.77. The molecule has 5 nitrogen and oxygen atoms in total. The minimum atomic E-state index is -1.07. The second-order valence-corrected chi connectivity index (χ2v) is 4.64. The van der Waals surface area contributed by atoms with Gasteiger partial charge in [0.2, 0.25) is 0 Å². The number of carbonyl (C=O) groups is 1. The van der Waals surface area contributed by atoms with Crippen LogP contribution in [0.2, 0.25) is 0 Å². The molecule has 0 unspecified atom stereocenters. The molecule has 0 radical (unpaired) electrons. The summed E-state index contributed by atoms with van der Waals surface area (Å²) in [6.07, 6.45) is 2.15.